The Kier molecular flexibility index (Phi) is 11.3. The first-order valence-corrected chi connectivity index (χ1v) is 11.5. The molecule has 1 unspecified atom stereocenters. The molecular weight excluding hydrogens is 434 g/mol. The second-order valence-electron chi connectivity index (χ2n) is 7.70. The van der Waals surface area contributed by atoms with Gasteiger partial charge >= 0.3 is 11.9 Å². The van der Waals surface area contributed by atoms with Crippen molar-refractivity contribution in [1.82, 2.24) is 5.32 Å². The summed E-state index contributed by atoms with van der Waals surface area (Å²) in [6, 6.07) is 14.1. The molecule has 3 N–H and O–H groups in total. The van der Waals surface area contributed by atoms with Crippen LogP contribution in [0.2, 0.25) is 0 Å². The van der Waals surface area contributed by atoms with Gasteiger partial charge in [-0.15, -0.1) is 0 Å². The summed E-state index contributed by atoms with van der Waals surface area (Å²) in [5.74, 6) is 4.20. The van der Waals surface area contributed by atoms with Gasteiger partial charge in [-0.05, 0) is 61.9 Å². The number of carbonyl (C=O) groups excluding carboxylic acids is 3. The Bertz CT molecular complexity index is 955. The minimum Gasteiger partial charge on any atom is -0.466 e. The summed E-state index contributed by atoms with van der Waals surface area (Å²) < 4.78 is 10.1. The van der Waals surface area contributed by atoms with E-state index in [1.165, 1.54) is 5.56 Å². The number of nitrogens with one attached hydrogen (secondary N) is 1. The minimum absolute atomic E-state index is 0.0107. The third-order valence-corrected chi connectivity index (χ3v) is 5.16. The lowest BCUT2D eigenvalue weighted by Gasteiger charge is -2.19. The first-order valence-electron chi connectivity index (χ1n) is 11.5. The Balaban J connectivity index is 1.91. The van der Waals surface area contributed by atoms with Gasteiger partial charge in [0.1, 0.15) is 0 Å². The van der Waals surface area contributed by atoms with Gasteiger partial charge in [-0.25, -0.2) is 4.79 Å². The van der Waals surface area contributed by atoms with E-state index in [1.54, 1.807) is 44.3 Å². The van der Waals surface area contributed by atoms with E-state index in [1.807, 2.05) is 24.3 Å². The zero-order valence-electron chi connectivity index (χ0n) is 19.8. The topological polar surface area (TPSA) is 120 Å². The summed E-state index contributed by atoms with van der Waals surface area (Å²) in [4.78, 5) is 36.6. The van der Waals surface area contributed by atoms with Gasteiger partial charge in [-0.3, -0.25) is 9.59 Å². The molecule has 0 aromatic heterocycles. The van der Waals surface area contributed by atoms with Gasteiger partial charge in [0.15, 0.2) is 0 Å². The van der Waals surface area contributed by atoms with Crippen LogP contribution in [-0.2, 0) is 25.5 Å². The average Bonchev–Trinajstić information content (AvgIpc) is 2.83. The van der Waals surface area contributed by atoms with E-state index in [9.17, 15) is 14.4 Å². The number of nitrogens with two attached hydrogens (primary N) is 1. The fourth-order valence-electron chi connectivity index (χ4n) is 3.44. The molecule has 1 atom stereocenters. The van der Waals surface area contributed by atoms with E-state index >= 15 is 0 Å². The molecule has 8 heteroatoms. The van der Waals surface area contributed by atoms with Crippen molar-refractivity contribution < 1.29 is 23.9 Å². The van der Waals surface area contributed by atoms with Gasteiger partial charge in [0.05, 0.1) is 37.5 Å². The smallest absolute Gasteiger partial charge is 0.338 e. The van der Waals surface area contributed by atoms with Crippen LogP contribution in [0.1, 0.15) is 72.6 Å². The Morgan fingerprint density at radius 2 is 1.65 bits per heavy atom. The van der Waals surface area contributed by atoms with Crippen LogP contribution in [0.5, 0.6) is 0 Å². The van der Waals surface area contributed by atoms with Crippen LogP contribution in [0.4, 0.5) is 0 Å². The number of rotatable bonds is 13. The van der Waals surface area contributed by atoms with Gasteiger partial charge in [0.2, 0.25) is 5.91 Å². The highest BCUT2D eigenvalue weighted by atomic mass is 16.5. The molecule has 0 radical (unpaired) electrons. The molecule has 0 spiro atoms. The molecule has 2 aromatic rings. The predicted octanol–water partition coefficient (Wildman–Crippen LogP) is 3.68. The van der Waals surface area contributed by atoms with E-state index in [2.05, 4.69) is 10.4 Å². The Labute approximate surface area is 200 Å². The fraction of sp³-hybridized carbons (Fsp3) is 0.385. The fourth-order valence-corrected chi connectivity index (χ4v) is 3.44. The van der Waals surface area contributed by atoms with Crippen LogP contribution in [0.15, 0.2) is 53.6 Å². The van der Waals surface area contributed by atoms with Crippen molar-refractivity contribution in [2.45, 2.75) is 52.0 Å². The van der Waals surface area contributed by atoms with E-state index in [0.29, 0.717) is 18.4 Å². The molecule has 2 rings (SSSR count). The van der Waals surface area contributed by atoms with Gasteiger partial charge in [0.25, 0.3) is 0 Å². The number of nitrogens with zero attached hydrogens (tertiary/aromatic N) is 1. The number of hydrogen-bond donors (Lipinski definition) is 2. The van der Waals surface area contributed by atoms with Crippen molar-refractivity contribution in [1.29, 1.82) is 0 Å². The van der Waals surface area contributed by atoms with Crippen LogP contribution in [-0.4, -0.2) is 37.3 Å². The maximum atomic E-state index is 12.6. The summed E-state index contributed by atoms with van der Waals surface area (Å²) in [5, 5.41) is 6.44. The lowest BCUT2D eigenvalue weighted by Crippen LogP contribution is -2.30. The predicted molar refractivity (Wildman–Crippen MR) is 130 cm³/mol. The van der Waals surface area contributed by atoms with E-state index < -0.39 is 18.0 Å². The van der Waals surface area contributed by atoms with Gasteiger partial charge in [0, 0.05) is 6.42 Å². The zero-order chi connectivity index (χ0) is 24.8. The Morgan fingerprint density at radius 1 is 0.971 bits per heavy atom. The Hall–Kier alpha value is -3.68. The highest BCUT2D eigenvalue weighted by molar-refractivity contribution is 5.89. The summed E-state index contributed by atoms with van der Waals surface area (Å²) in [5.41, 5.74) is 3.25. The molecule has 0 fully saturated rings. The molecule has 0 bridgehead atoms. The van der Waals surface area contributed by atoms with Gasteiger partial charge < -0.3 is 20.6 Å². The molecule has 0 aliphatic rings. The monoisotopic (exact) mass is 467 g/mol. The second kappa shape index (κ2) is 14.5. The van der Waals surface area contributed by atoms with E-state index in [-0.39, 0.29) is 25.5 Å². The molecule has 0 saturated heterocycles. The van der Waals surface area contributed by atoms with Crippen molar-refractivity contribution in [3.63, 3.8) is 0 Å². The van der Waals surface area contributed by atoms with Gasteiger partial charge in [-0.2, -0.15) is 5.10 Å². The van der Waals surface area contributed by atoms with Crippen LogP contribution in [0, 0.1) is 0 Å². The van der Waals surface area contributed by atoms with Crippen molar-refractivity contribution in [3.05, 3.63) is 70.8 Å². The number of benzene rings is 2. The lowest BCUT2D eigenvalue weighted by atomic mass is 10.0. The van der Waals surface area contributed by atoms with Crippen LogP contribution >= 0.6 is 0 Å². The number of unbranched alkanes of at least 4 members (excludes halogenated alkanes) is 1. The molecule has 0 saturated carbocycles. The molecule has 0 aliphatic carbocycles. The number of esters is 2. The average molecular weight is 468 g/mol. The van der Waals surface area contributed by atoms with Crippen molar-refractivity contribution >= 4 is 24.1 Å². The number of aryl methyl sites for hydroxylation is 1. The van der Waals surface area contributed by atoms with Crippen LogP contribution in [0.3, 0.4) is 0 Å². The number of ether oxygens (including phenoxy) is 2. The molecule has 8 nitrogen and oxygen atoms in total. The Morgan fingerprint density at radius 3 is 2.26 bits per heavy atom. The third kappa shape index (κ3) is 9.05. The number of hydrazone groups is 1. The first-order chi connectivity index (χ1) is 16.5. The third-order valence-electron chi connectivity index (χ3n) is 5.16. The summed E-state index contributed by atoms with van der Waals surface area (Å²) in [6.07, 6.45) is 4.37. The molecule has 1 amide bonds. The molecule has 0 aliphatic heterocycles. The highest BCUT2D eigenvalue weighted by Crippen LogP contribution is 2.20. The highest BCUT2D eigenvalue weighted by Gasteiger charge is 2.20. The van der Waals surface area contributed by atoms with Crippen LogP contribution < -0.4 is 11.2 Å². The normalized spacial score (nSPS) is 11.7. The maximum absolute atomic E-state index is 12.6. The van der Waals surface area contributed by atoms with E-state index in [4.69, 9.17) is 15.3 Å². The summed E-state index contributed by atoms with van der Waals surface area (Å²) >= 11 is 0. The standard InChI is InChI=1S/C26H33N3O5/c1-3-33-25(31)17-23(21-13-15-22(16-14-21)26(32)34-4-2)29-24(30)8-6-5-7-19-9-11-20(12-10-19)18-28-27/h9-16,18,23H,3-8,17,27H2,1-2H3,(H,29,30). The van der Waals surface area contributed by atoms with Crippen molar-refractivity contribution in [3.8, 4) is 0 Å². The van der Waals surface area contributed by atoms with E-state index in [0.717, 1.165) is 24.0 Å². The summed E-state index contributed by atoms with van der Waals surface area (Å²) in [7, 11) is 0. The quantitative estimate of drug-likeness (QED) is 0.152. The van der Waals surface area contributed by atoms with Crippen LogP contribution in [0.25, 0.3) is 0 Å². The summed E-state index contributed by atoms with van der Waals surface area (Å²) in [6.45, 7) is 4.03. The zero-order valence-corrected chi connectivity index (χ0v) is 19.8. The number of hydrogen-bond acceptors (Lipinski definition) is 7. The van der Waals surface area contributed by atoms with Gasteiger partial charge in [-0.1, -0.05) is 36.4 Å². The molecule has 0 heterocycles. The SMILES string of the molecule is CCOC(=O)CC(NC(=O)CCCCc1ccc(C=NN)cc1)c1ccc(C(=O)OCC)cc1. The molecular formula is C26H33N3O5. The molecule has 34 heavy (non-hydrogen) atoms. The number of amides is 1. The first kappa shape index (κ1) is 26.6. The van der Waals surface area contributed by atoms with Crippen molar-refractivity contribution in [2.24, 2.45) is 10.9 Å². The largest absolute Gasteiger partial charge is 0.466 e. The lowest BCUT2D eigenvalue weighted by molar-refractivity contribution is -0.143. The maximum Gasteiger partial charge on any atom is 0.338 e. The second-order valence-corrected chi connectivity index (χ2v) is 7.70. The molecule has 2 aromatic carbocycles. The number of carbonyl (C=O) groups is 3. The molecule has 182 valence electrons. The minimum atomic E-state index is -0.542. The van der Waals surface area contributed by atoms with Crippen molar-refractivity contribution in [2.75, 3.05) is 13.2 Å².